The summed E-state index contributed by atoms with van der Waals surface area (Å²) < 4.78 is 0. The lowest BCUT2D eigenvalue weighted by Crippen LogP contribution is -2.27. The van der Waals surface area contributed by atoms with Gasteiger partial charge in [0.15, 0.2) is 22.9 Å². The number of aromatic hydroxyl groups is 2. The standard InChI is InChI=1S/C10H15N3O4S2/c14-7-5(9(16)11-1-3-18)13-6(8(7)15)10(17)12-2-4-19/h13-15,18-19H,1-4H2,(H,11,16)(H,12,17). The van der Waals surface area contributed by atoms with Crippen LogP contribution >= 0.6 is 25.3 Å². The van der Waals surface area contributed by atoms with Gasteiger partial charge in [0.05, 0.1) is 0 Å². The molecule has 7 nitrogen and oxygen atoms in total. The third-order valence-electron chi connectivity index (χ3n) is 2.20. The minimum absolute atomic E-state index is 0.268. The molecule has 2 amide bonds. The van der Waals surface area contributed by atoms with Crippen LogP contribution in [0.4, 0.5) is 0 Å². The predicted octanol–water partition coefficient (Wildman–Crippen LogP) is -0.255. The Morgan fingerprint density at radius 2 is 1.32 bits per heavy atom. The zero-order valence-electron chi connectivity index (χ0n) is 9.93. The van der Waals surface area contributed by atoms with Crippen LogP contribution in [0.15, 0.2) is 0 Å². The van der Waals surface area contributed by atoms with Gasteiger partial charge in [0.2, 0.25) is 0 Å². The first-order valence-electron chi connectivity index (χ1n) is 5.45. The minimum Gasteiger partial charge on any atom is -0.503 e. The molecule has 0 aliphatic rings. The van der Waals surface area contributed by atoms with Crippen molar-refractivity contribution in [2.45, 2.75) is 0 Å². The number of aromatic nitrogens is 1. The van der Waals surface area contributed by atoms with E-state index in [-0.39, 0.29) is 11.4 Å². The Morgan fingerprint density at radius 3 is 1.63 bits per heavy atom. The van der Waals surface area contributed by atoms with Crippen molar-refractivity contribution < 1.29 is 19.8 Å². The first-order chi connectivity index (χ1) is 9.02. The molecule has 0 aliphatic heterocycles. The number of H-pyrrole nitrogens is 1. The molecule has 106 valence electrons. The third kappa shape index (κ3) is 3.74. The van der Waals surface area contributed by atoms with Gasteiger partial charge in [-0.25, -0.2) is 0 Å². The number of hydrogen-bond acceptors (Lipinski definition) is 6. The van der Waals surface area contributed by atoms with Gasteiger partial charge in [0, 0.05) is 24.6 Å². The molecule has 0 radical (unpaired) electrons. The first kappa shape index (κ1) is 15.6. The summed E-state index contributed by atoms with van der Waals surface area (Å²) in [5.41, 5.74) is -0.536. The second-order valence-corrected chi connectivity index (χ2v) is 4.43. The predicted molar refractivity (Wildman–Crippen MR) is 76.5 cm³/mol. The second kappa shape index (κ2) is 7.19. The van der Waals surface area contributed by atoms with E-state index in [1.165, 1.54) is 0 Å². The highest BCUT2D eigenvalue weighted by atomic mass is 32.1. The van der Waals surface area contributed by atoms with E-state index in [4.69, 9.17) is 0 Å². The highest BCUT2D eigenvalue weighted by molar-refractivity contribution is 7.80. The van der Waals surface area contributed by atoms with E-state index >= 15 is 0 Å². The van der Waals surface area contributed by atoms with E-state index in [2.05, 4.69) is 40.9 Å². The Bertz CT molecular complexity index is 435. The summed E-state index contributed by atoms with van der Waals surface area (Å²) in [7, 11) is 0. The van der Waals surface area contributed by atoms with Crippen LogP contribution in [-0.4, -0.2) is 51.6 Å². The van der Waals surface area contributed by atoms with Crippen LogP contribution in [0.2, 0.25) is 0 Å². The minimum atomic E-state index is -0.660. The zero-order chi connectivity index (χ0) is 14.4. The van der Waals surface area contributed by atoms with Crippen LogP contribution in [0.25, 0.3) is 0 Å². The number of amides is 2. The summed E-state index contributed by atoms with van der Waals surface area (Å²) in [5, 5.41) is 24.1. The monoisotopic (exact) mass is 305 g/mol. The van der Waals surface area contributed by atoms with Gasteiger partial charge in [0.25, 0.3) is 11.8 Å². The lowest BCUT2D eigenvalue weighted by molar-refractivity contribution is 0.0948. The Labute approximate surface area is 120 Å². The van der Waals surface area contributed by atoms with Crippen LogP contribution in [0.5, 0.6) is 11.5 Å². The third-order valence-corrected chi connectivity index (χ3v) is 2.64. The smallest absolute Gasteiger partial charge is 0.271 e. The fourth-order valence-electron chi connectivity index (χ4n) is 1.32. The Balaban J connectivity index is 2.92. The van der Waals surface area contributed by atoms with Gasteiger partial charge >= 0.3 is 0 Å². The average molecular weight is 305 g/mol. The summed E-state index contributed by atoms with van der Waals surface area (Å²) in [6, 6.07) is 0. The van der Waals surface area contributed by atoms with Crippen LogP contribution in [0.3, 0.4) is 0 Å². The van der Waals surface area contributed by atoms with E-state index in [0.717, 1.165) is 0 Å². The molecule has 1 rings (SSSR count). The first-order valence-corrected chi connectivity index (χ1v) is 6.71. The molecule has 1 heterocycles. The van der Waals surface area contributed by atoms with Crippen molar-refractivity contribution in [1.82, 2.24) is 15.6 Å². The normalized spacial score (nSPS) is 10.2. The number of carbonyl (C=O) groups excluding carboxylic acids is 2. The summed E-state index contributed by atoms with van der Waals surface area (Å²) in [4.78, 5) is 25.7. The maximum atomic E-state index is 11.6. The van der Waals surface area contributed by atoms with Gasteiger partial charge < -0.3 is 25.8 Å². The van der Waals surface area contributed by atoms with Gasteiger partial charge in [0.1, 0.15) is 0 Å². The Morgan fingerprint density at radius 1 is 0.947 bits per heavy atom. The van der Waals surface area contributed by atoms with Crippen LogP contribution in [-0.2, 0) is 0 Å². The Hall–Kier alpha value is -1.48. The highest BCUT2D eigenvalue weighted by Crippen LogP contribution is 2.32. The van der Waals surface area contributed by atoms with Crippen molar-refractivity contribution in [3.8, 4) is 11.5 Å². The lowest BCUT2D eigenvalue weighted by Gasteiger charge is -2.01. The van der Waals surface area contributed by atoms with Crippen molar-refractivity contribution in [2.75, 3.05) is 24.6 Å². The van der Waals surface area contributed by atoms with E-state index in [1.807, 2.05) is 0 Å². The number of carbonyl (C=O) groups is 2. The largest absolute Gasteiger partial charge is 0.503 e. The molecule has 0 spiro atoms. The Kier molecular flexibility index (Phi) is 5.90. The molecule has 5 N–H and O–H groups in total. The molecule has 0 bridgehead atoms. The molecule has 0 saturated heterocycles. The fraction of sp³-hybridized carbons (Fsp3) is 0.400. The number of thiol groups is 2. The molecule has 0 saturated carbocycles. The number of nitrogens with one attached hydrogen (secondary N) is 3. The highest BCUT2D eigenvalue weighted by Gasteiger charge is 2.24. The van der Waals surface area contributed by atoms with Crippen molar-refractivity contribution >= 4 is 37.1 Å². The molecule has 0 aliphatic carbocycles. The summed E-state index contributed by atoms with van der Waals surface area (Å²) >= 11 is 7.84. The maximum absolute atomic E-state index is 11.6. The zero-order valence-corrected chi connectivity index (χ0v) is 11.7. The average Bonchev–Trinajstić information content (AvgIpc) is 2.70. The molecule has 0 atom stereocenters. The van der Waals surface area contributed by atoms with Gasteiger partial charge in [-0.3, -0.25) is 9.59 Å². The van der Waals surface area contributed by atoms with Crippen molar-refractivity contribution in [1.29, 1.82) is 0 Å². The summed E-state index contributed by atoms with van der Waals surface area (Å²) in [6.45, 7) is 0.588. The molecule has 1 aromatic rings. The SMILES string of the molecule is O=C(NCCS)c1[nH]c(C(=O)NCCS)c(O)c1O. The maximum Gasteiger partial charge on any atom is 0.271 e. The molecular formula is C10H15N3O4S2. The van der Waals surface area contributed by atoms with Crippen LogP contribution in [0, 0.1) is 0 Å². The quantitative estimate of drug-likeness (QED) is 0.367. The van der Waals surface area contributed by atoms with E-state index in [0.29, 0.717) is 24.6 Å². The molecule has 19 heavy (non-hydrogen) atoms. The molecule has 9 heteroatoms. The molecule has 0 fully saturated rings. The van der Waals surface area contributed by atoms with Crippen molar-refractivity contribution in [3.05, 3.63) is 11.4 Å². The van der Waals surface area contributed by atoms with Gasteiger partial charge in [-0.1, -0.05) is 0 Å². The van der Waals surface area contributed by atoms with E-state index in [1.54, 1.807) is 0 Å². The number of rotatable bonds is 6. The second-order valence-electron chi connectivity index (χ2n) is 3.53. The summed E-state index contributed by atoms with van der Waals surface area (Å²) in [6.07, 6.45) is 0. The molecule has 0 unspecified atom stereocenters. The number of aromatic amines is 1. The molecular weight excluding hydrogens is 290 g/mol. The fourth-order valence-corrected chi connectivity index (χ4v) is 1.55. The molecule has 1 aromatic heterocycles. The van der Waals surface area contributed by atoms with Gasteiger partial charge in [-0.05, 0) is 0 Å². The summed E-state index contributed by atoms with van der Waals surface area (Å²) in [5.74, 6) is -1.73. The topological polar surface area (TPSA) is 114 Å². The van der Waals surface area contributed by atoms with Crippen LogP contribution in [0.1, 0.15) is 21.0 Å². The van der Waals surface area contributed by atoms with Gasteiger partial charge in [-0.15, -0.1) is 0 Å². The number of hydrogen-bond donors (Lipinski definition) is 7. The van der Waals surface area contributed by atoms with E-state index < -0.39 is 23.3 Å². The molecule has 0 aromatic carbocycles. The van der Waals surface area contributed by atoms with Gasteiger partial charge in [-0.2, -0.15) is 25.3 Å². The van der Waals surface area contributed by atoms with Crippen molar-refractivity contribution in [3.63, 3.8) is 0 Å². The van der Waals surface area contributed by atoms with Crippen molar-refractivity contribution in [2.24, 2.45) is 0 Å². The van der Waals surface area contributed by atoms with E-state index in [9.17, 15) is 19.8 Å². The van der Waals surface area contributed by atoms with Crippen LogP contribution < -0.4 is 10.6 Å². The lowest BCUT2D eigenvalue weighted by atomic mass is 10.3.